The molecule has 0 aliphatic carbocycles. The van der Waals surface area contributed by atoms with Gasteiger partial charge in [-0.1, -0.05) is 48.0 Å². The molecule has 134 valence electrons. The van der Waals surface area contributed by atoms with Gasteiger partial charge in [0.25, 0.3) is 0 Å². The zero-order chi connectivity index (χ0) is 18.0. The fourth-order valence-electron chi connectivity index (χ4n) is 3.12. The summed E-state index contributed by atoms with van der Waals surface area (Å²) < 4.78 is 27.4. The number of rotatable bonds is 4. The summed E-state index contributed by atoms with van der Waals surface area (Å²) in [6, 6.07) is 15.4. The van der Waals surface area contributed by atoms with Gasteiger partial charge in [0.1, 0.15) is 0 Å². The van der Waals surface area contributed by atoms with Crippen LogP contribution >= 0.6 is 11.6 Å². The molecule has 0 amide bonds. The molecule has 1 atom stereocenters. The SMILES string of the molecule is Cc1ccc(S(=O)(=O)N2CCN(Cc3ccccc3)C(C)C2)cc1Cl. The van der Waals surface area contributed by atoms with Crippen LogP contribution in [0.3, 0.4) is 0 Å². The van der Waals surface area contributed by atoms with Crippen LogP contribution in [0.5, 0.6) is 0 Å². The van der Waals surface area contributed by atoms with Crippen LogP contribution in [-0.4, -0.2) is 43.3 Å². The highest BCUT2D eigenvalue weighted by atomic mass is 35.5. The Hall–Kier alpha value is -1.40. The number of benzene rings is 2. The largest absolute Gasteiger partial charge is 0.294 e. The first-order chi connectivity index (χ1) is 11.9. The number of aryl methyl sites for hydroxylation is 1. The first kappa shape index (κ1) is 18.4. The Balaban J connectivity index is 1.72. The predicted molar refractivity (Wildman–Crippen MR) is 101 cm³/mol. The van der Waals surface area contributed by atoms with Gasteiger partial charge in [-0.3, -0.25) is 4.90 Å². The second kappa shape index (κ2) is 7.46. The van der Waals surface area contributed by atoms with E-state index in [2.05, 4.69) is 24.0 Å². The van der Waals surface area contributed by atoms with Crippen molar-refractivity contribution >= 4 is 21.6 Å². The molecular formula is C19H23ClN2O2S. The molecule has 2 aromatic rings. The number of nitrogens with zero attached hydrogens (tertiary/aromatic N) is 2. The van der Waals surface area contributed by atoms with Crippen molar-refractivity contribution in [2.45, 2.75) is 31.3 Å². The molecule has 0 aromatic heterocycles. The summed E-state index contributed by atoms with van der Waals surface area (Å²) in [5.41, 5.74) is 2.12. The Bertz CT molecular complexity index is 840. The first-order valence-electron chi connectivity index (χ1n) is 8.42. The van der Waals surface area contributed by atoms with Gasteiger partial charge in [-0.15, -0.1) is 0 Å². The average Bonchev–Trinajstić information content (AvgIpc) is 2.60. The lowest BCUT2D eigenvalue weighted by molar-refractivity contribution is 0.122. The molecule has 1 aliphatic heterocycles. The summed E-state index contributed by atoms with van der Waals surface area (Å²) in [4.78, 5) is 2.59. The van der Waals surface area contributed by atoms with Crippen molar-refractivity contribution in [1.82, 2.24) is 9.21 Å². The van der Waals surface area contributed by atoms with E-state index < -0.39 is 10.0 Å². The molecule has 0 radical (unpaired) electrons. The van der Waals surface area contributed by atoms with Crippen molar-refractivity contribution < 1.29 is 8.42 Å². The molecule has 3 rings (SSSR count). The summed E-state index contributed by atoms with van der Waals surface area (Å²) >= 11 is 6.11. The Morgan fingerprint density at radius 2 is 1.84 bits per heavy atom. The molecule has 1 saturated heterocycles. The highest BCUT2D eigenvalue weighted by molar-refractivity contribution is 7.89. The van der Waals surface area contributed by atoms with Crippen LogP contribution in [-0.2, 0) is 16.6 Å². The normalized spacial score (nSPS) is 19.9. The monoisotopic (exact) mass is 378 g/mol. The molecule has 6 heteroatoms. The van der Waals surface area contributed by atoms with Crippen molar-refractivity contribution in [2.75, 3.05) is 19.6 Å². The van der Waals surface area contributed by atoms with Crippen LogP contribution < -0.4 is 0 Å². The minimum absolute atomic E-state index is 0.157. The van der Waals surface area contributed by atoms with E-state index >= 15 is 0 Å². The van der Waals surface area contributed by atoms with Gasteiger partial charge in [-0.2, -0.15) is 4.31 Å². The molecule has 4 nitrogen and oxygen atoms in total. The second-order valence-electron chi connectivity index (χ2n) is 6.58. The van der Waals surface area contributed by atoms with E-state index in [-0.39, 0.29) is 10.9 Å². The quantitative estimate of drug-likeness (QED) is 0.817. The van der Waals surface area contributed by atoms with Crippen molar-refractivity contribution in [3.05, 3.63) is 64.7 Å². The molecule has 2 aromatic carbocycles. The van der Waals surface area contributed by atoms with E-state index in [1.165, 1.54) is 5.56 Å². The number of hydrogen-bond acceptors (Lipinski definition) is 3. The van der Waals surface area contributed by atoms with Crippen LogP contribution in [0, 0.1) is 6.92 Å². The molecule has 1 aliphatic rings. The third-order valence-electron chi connectivity index (χ3n) is 4.74. The second-order valence-corrected chi connectivity index (χ2v) is 8.92. The standard InChI is InChI=1S/C19H23ClN2O2S/c1-15-8-9-18(12-19(15)20)25(23,24)22-11-10-21(16(2)13-22)14-17-6-4-3-5-7-17/h3-9,12,16H,10-11,13-14H2,1-2H3. The summed E-state index contributed by atoms with van der Waals surface area (Å²) in [6.07, 6.45) is 0. The molecular weight excluding hydrogens is 356 g/mol. The molecule has 0 spiro atoms. The van der Waals surface area contributed by atoms with Gasteiger partial charge in [0.2, 0.25) is 10.0 Å². The topological polar surface area (TPSA) is 40.6 Å². The van der Waals surface area contributed by atoms with Gasteiger partial charge in [-0.25, -0.2) is 8.42 Å². The summed E-state index contributed by atoms with van der Waals surface area (Å²) in [6.45, 7) is 6.47. The average molecular weight is 379 g/mol. The van der Waals surface area contributed by atoms with Crippen molar-refractivity contribution in [2.24, 2.45) is 0 Å². The summed E-state index contributed by atoms with van der Waals surface area (Å²) in [5.74, 6) is 0. The molecule has 25 heavy (non-hydrogen) atoms. The van der Waals surface area contributed by atoms with Gasteiger partial charge in [0.05, 0.1) is 4.90 Å². The maximum absolute atomic E-state index is 12.9. The molecule has 0 N–H and O–H groups in total. The zero-order valence-corrected chi connectivity index (χ0v) is 16.1. The van der Waals surface area contributed by atoms with E-state index in [9.17, 15) is 8.42 Å². The third kappa shape index (κ3) is 4.06. The number of halogens is 1. The minimum Gasteiger partial charge on any atom is -0.294 e. The van der Waals surface area contributed by atoms with Crippen LogP contribution in [0.1, 0.15) is 18.1 Å². The van der Waals surface area contributed by atoms with E-state index in [1.807, 2.05) is 25.1 Å². The molecule has 1 heterocycles. The summed E-state index contributed by atoms with van der Waals surface area (Å²) in [5, 5.41) is 0.483. The van der Waals surface area contributed by atoms with Gasteiger partial charge in [0.15, 0.2) is 0 Å². The predicted octanol–water partition coefficient (Wildman–Crippen LogP) is 3.54. The lowest BCUT2D eigenvalue weighted by atomic mass is 10.1. The van der Waals surface area contributed by atoms with Gasteiger partial charge in [0, 0.05) is 37.2 Å². The minimum atomic E-state index is -3.51. The molecule has 1 fully saturated rings. The van der Waals surface area contributed by atoms with Crippen LogP contribution in [0.4, 0.5) is 0 Å². The Labute approximate surface area is 155 Å². The Morgan fingerprint density at radius 3 is 2.48 bits per heavy atom. The fraction of sp³-hybridized carbons (Fsp3) is 0.368. The highest BCUT2D eigenvalue weighted by Crippen LogP contribution is 2.25. The van der Waals surface area contributed by atoms with E-state index in [0.717, 1.165) is 18.7 Å². The van der Waals surface area contributed by atoms with E-state index in [1.54, 1.807) is 22.5 Å². The zero-order valence-electron chi connectivity index (χ0n) is 14.5. The van der Waals surface area contributed by atoms with E-state index in [0.29, 0.717) is 18.1 Å². The third-order valence-corrected chi connectivity index (χ3v) is 7.01. The summed E-state index contributed by atoms with van der Waals surface area (Å²) in [7, 11) is -3.51. The van der Waals surface area contributed by atoms with Gasteiger partial charge in [-0.05, 0) is 37.1 Å². The molecule has 1 unspecified atom stereocenters. The lowest BCUT2D eigenvalue weighted by Gasteiger charge is -2.39. The highest BCUT2D eigenvalue weighted by Gasteiger charge is 2.32. The van der Waals surface area contributed by atoms with Crippen LogP contribution in [0.15, 0.2) is 53.4 Å². The number of piperazine rings is 1. The first-order valence-corrected chi connectivity index (χ1v) is 10.2. The maximum atomic E-state index is 12.9. The van der Waals surface area contributed by atoms with E-state index in [4.69, 9.17) is 11.6 Å². The molecule has 0 bridgehead atoms. The maximum Gasteiger partial charge on any atom is 0.243 e. The van der Waals surface area contributed by atoms with Crippen molar-refractivity contribution in [1.29, 1.82) is 0 Å². The van der Waals surface area contributed by atoms with Gasteiger partial charge >= 0.3 is 0 Å². The smallest absolute Gasteiger partial charge is 0.243 e. The van der Waals surface area contributed by atoms with Crippen molar-refractivity contribution in [3.63, 3.8) is 0 Å². The lowest BCUT2D eigenvalue weighted by Crippen LogP contribution is -2.53. The number of sulfonamides is 1. The Morgan fingerprint density at radius 1 is 1.12 bits per heavy atom. The van der Waals surface area contributed by atoms with Crippen molar-refractivity contribution in [3.8, 4) is 0 Å². The van der Waals surface area contributed by atoms with Crippen LogP contribution in [0.25, 0.3) is 0 Å². The van der Waals surface area contributed by atoms with Crippen LogP contribution in [0.2, 0.25) is 5.02 Å². The van der Waals surface area contributed by atoms with Gasteiger partial charge < -0.3 is 0 Å². The number of hydrogen-bond donors (Lipinski definition) is 0. The fourth-order valence-corrected chi connectivity index (χ4v) is 4.90. The molecule has 0 saturated carbocycles. The Kier molecular flexibility index (Phi) is 5.49.